The maximum atomic E-state index is 11.9. The molecule has 1 N–H and O–H groups in total. The minimum atomic E-state index is 0.0739. The summed E-state index contributed by atoms with van der Waals surface area (Å²) in [6.45, 7) is 3.99. The van der Waals surface area contributed by atoms with Crippen LogP contribution in [0.2, 0.25) is 0 Å². The Morgan fingerprint density at radius 1 is 1.08 bits per heavy atom. The minimum absolute atomic E-state index is 0.0739. The van der Waals surface area contributed by atoms with Gasteiger partial charge in [-0.3, -0.25) is 4.79 Å². The first-order valence-corrected chi connectivity index (χ1v) is 8.73. The van der Waals surface area contributed by atoms with Crippen LogP contribution in [0.25, 0.3) is 10.9 Å². The van der Waals surface area contributed by atoms with Gasteiger partial charge in [0.1, 0.15) is 5.75 Å². The van der Waals surface area contributed by atoms with Crippen LogP contribution < -0.4 is 10.1 Å². The third kappa shape index (κ3) is 4.63. The number of amides is 1. The smallest absolute Gasteiger partial charge is 0.220 e. The standard InChI is InChI=1S/C21H24N2O2/c1-17-7-2-5-10-20(17)25-16-6-11-21(24)22-13-15-23-14-12-18-8-3-4-9-19(18)23/h2-5,7-10,12,14H,6,11,13,15-16H2,1H3,(H,22,24). The van der Waals surface area contributed by atoms with Crippen LogP contribution in [-0.4, -0.2) is 23.6 Å². The molecule has 0 radical (unpaired) electrons. The molecular weight excluding hydrogens is 312 g/mol. The zero-order valence-corrected chi connectivity index (χ0v) is 14.6. The summed E-state index contributed by atoms with van der Waals surface area (Å²) < 4.78 is 7.88. The summed E-state index contributed by atoms with van der Waals surface area (Å²) in [6, 6.07) is 18.3. The van der Waals surface area contributed by atoms with Gasteiger partial charge in [0.15, 0.2) is 0 Å². The first kappa shape index (κ1) is 17.1. The maximum Gasteiger partial charge on any atom is 0.220 e. The second-order valence-electron chi connectivity index (χ2n) is 6.14. The fraction of sp³-hybridized carbons (Fsp3) is 0.286. The van der Waals surface area contributed by atoms with E-state index in [1.165, 1.54) is 10.9 Å². The Morgan fingerprint density at radius 3 is 2.76 bits per heavy atom. The summed E-state index contributed by atoms with van der Waals surface area (Å²) in [7, 11) is 0. The molecule has 4 heteroatoms. The van der Waals surface area contributed by atoms with Crippen molar-refractivity contribution in [1.29, 1.82) is 0 Å². The second kappa shape index (κ2) is 8.38. The molecule has 0 aliphatic rings. The largest absolute Gasteiger partial charge is 0.493 e. The predicted octanol–water partition coefficient (Wildman–Crippen LogP) is 3.93. The van der Waals surface area contributed by atoms with Crippen LogP contribution in [0.4, 0.5) is 0 Å². The van der Waals surface area contributed by atoms with E-state index in [2.05, 4.69) is 34.3 Å². The van der Waals surface area contributed by atoms with Gasteiger partial charge < -0.3 is 14.6 Å². The van der Waals surface area contributed by atoms with Gasteiger partial charge in [0.25, 0.3) is 0 Å². The molecule has 0 aliphatic heterocycles. The average molecular weight is 336 g/mol. The van der Waals surface area contributed by atoms with Crippen LogP contribution in [-0.2, 0) is 11.3 Å². The molecule has 1 heterocycles. The Kier molecular flexibility index (Phi) is 5.73. The minimum Gasteiger partial charge on any atom is -0.493 e. The van der Waals surface area contributed by atoms with E-state index in [9.17, 15) is 4.79 Å². The lowest BCUT2D eigenvalue weighted by Gasteiger charge is -2.09. The summed E-state index contributed by atoms with van der Waals surface area (Å²) in [6.07, 6.45) is 3.26. The fourth-order valence-electron chi connectivity index (χ4n) is 2.87. The molecule has 130 valence electrons. The highest BCUT2D eigenvalue weighted by Crippen LogP contribution is 2.16. The number of nitrogens with zero attached hydrogens (tertiary/aromatic N) is 1. The van der Waals surface area contributed by atoms with Gasteiger partial charge >= 0.3 is 0 Å². The second-order valence-corrected chi connectivity index (χ2v) is 6.14. The number of carbonyl (C=O) groups is 1. The number of hydrogen-bond acceptors (Lipinski definition) is 2. The van der Waals surface area contributed by atoms with Crippen molar-refractivity contribution in [3.05, 3.63) is 66.4 Å². The molecule has 0 bridgehead atoms. The molecular formula is C21H24N2O2. The van der Waals surface area contributed by atoms with Gasteiger partial charge in [0, 0.05) is 31.2 Å². The summed E-state index contributed by atoms with van der Waals surface area (Å²) in [4.78, 5) is 11.9. The van der Waals surface area contributed by atoms with Gasteiger partial charge in [-0.15, -0.1) is 0 Å². The van der Waals surface area contributed by atoms with E-state index in [4.69, 9.17) is 4.74 Å². The normalized spacial score (nSPS) is 10.8. The van der Waals surface area contributed by atoms with E-state index in [1.807, 2.05) is 43.3 Å². The number of nitrogens with one attached hydrogen (secondary N) is 1. The van der Waals surface area contributed by atoms with Crippen LogP contribution in [0.3, 0.4) is 0 Å². The molecule has 1 aromatic heterocycles. The molecule has 25 heavy (non-hydrogen) atoms. The van der Waals surface area contributed by atoms with E-state index in [0.717, 1.165) is 17.9 Å². The summed E-state index contributed by atoms with van der Waals surface area (Å²) in [5.74, 6) is 0.965. The number of ether oxygens (including phenoxy) is 1. The molecule has 0 saturated heterocycles. The van der Waals surface area contributed by atoms with Crippen molar-refractivity contribution in [2.24, 2.45) is 0 Å². The first-order chi connectivity index (χ1) is 12.2. The fourth-order valence-corrected chi connectivity index (χ4v) is 2.87. The molecule has 0 atom stereocenters. The van der Waals surface area contributed by atoms with Crippen molar-refractivity contribution in [2.45, 2.75) is 26.3 Å². The number of hydrogen-bond donors (Lipinski definition) is 1. The van der Waals surface area contributed by atoms with Crippen LogP contribution >= 0.6 is 0 Å². The lowest BCUT2D eigenvalue weighted by molar-refractivity contribution is -0.121. The third-order valence-corrected chi connectivity index (χ3v) is 4.25. The Morgan fingerprint density at radius 2 is 1.88 bits per heavy atom. The topological polar surface area (TPSA) is 43.3 Å². The zero-order chi connectivity index (χ0) is 17.5. The van der Waals surface area contributed by atoms with E-state index in [1.54, 1.807) is 0 Å². The molecule has 3 rings (SSSR count). The number of aryl methyl sites for hydroxylation is 1. The van der Waals surface area contributed by atoms with Crippen LogP contribution in [0.5, 0.6) is 5.75 Å². The summed E-state index contributed by atoms with van der Waals surface area (Å²) in [5, 5.41) is 4.20. The highest BCUT2D eigenvalue weighted by Gasteiger charge is 2.04. The van der Waals surface area contributed by atoms with Gasteiger partial charge in [-0.05, 0) is 42.5 Å². The number of para-hydroxylation sites is 2. The molecule has 0 spiro atoms. The molecule has 2 aromatic carbocycles. The van der Waals surface area contributed by atoms with Gasteiger partial charge in [0.05, 0.1) is 6.61 Å². The number of aromatic nitrogens is 1. The van der Waals surface area contributed by atoms with E-state index in [-0.39, 0.29) is 5.91 Å². The van der Waals surface area contributed by atoms with Crippen molar-refractivity contribution in [3.63, 3.8) is 0 Å². The van der Waals surface area contributed by atoms with E-state index in [0.29, 0.717) is 26.0 Å². The number of benzene rings is 2. The Hall–Kier alpha value is -2.75. The van der Waals surface area contributed by atoms with E-state index >= 15 is 0 Å². The van der Waals surface area contributed by atoms with Crippen LogP contribution in [0, 0.1) is 6.92 Å². The van der Waals surface area contributed by atoms with Crippen molar-refractivity contribution >= 4 is 16.8 Å². The van der Waals surface area contributed by atoms with Crippen molar-refractivity contribution in [2.75, 3.05) is 13.2 Å². The zero-order valence-electron chi connectivity index (χ0n) is 14.6. The highest BCUT2D eigenvalue weighted by molar-refractivity contribution is 5.80. The first-order valence-electron chi connectivity index (χ1n) is 8.73. The summed E-state index contributed by atoms with van der Waals surface area (Å²) >= 11 is 0. The van der Waals surface area contributed by atoms with Crippen LogP contribution in [0.1, 0.15) is 18.4 Å². The van der Waals surface area contributed by atoms with Crippen molar-refractivity contribution < 1.29 is 9.53 Å². The molecule has 0 fully saturated rings. The molecule has 0 unspecified atom stereocenters. The van der Waals surface area contributed by atoms with Crippen molar-refractivity contribution in [3.8, 4) is 5.75 Å². The van der Waals surface area contributed by atoms with E-state index < -0.39 is 0 Å². The number of rotatable bonds is 8. The van der Waals surface area contributed by atoms with Gasteiger partial charge in [-0.2, -0.15) is 0 Å². The molecule has 3 aromatic rings. The van der Waals surface area contributed by atoms with Crippen molar-refractivity contribution in [1.82, 2.24) is 9.88 Å². The monoisotopic (exact) mass is 336 g/mol. The molecule has 0 aliphatic carbocycles. The predicted molar refractivity (Wildman–Crippen MR) is 101 cm³/mol. The average Bonchev–Trinajstić information content (AvgIpc) is 3.03. The summed E-state index contributed by atoms with van der Waals surface area (Å²) in [5.41, 5.74) is 2.31. The molecule has 0 saturated carbocycles. The third-order valence-electron chi connectivity index (χ3n) is 4.25. The van der Waals surface area contributed by atoms with Gasteiger partial charge in [0.2, 0.25) is 5.91 Å². The Labute approximate surface area is 148 Å². The lowest BCUT2D eigenvalue weighted by Crippen LogP contribution is -2.27. The Bertz CT molecular complexity index is 839. The lowest BCUT2D eigenvalue weighted by atomic mass is 10.2. The number of carbonyl (C=O) groups excluding carboxylic acids is 1. The Balaban J connectivity index is 1.35. The highest BCUT2D eigenvalue weighted by atomic mass is 16.5. The van der Waals surface area contributed by atoms with Gasteiger partial charge in [-0.1, -0.05) is 36.4 Å². The molecule has 1 amide bonds. The van der Waals surface area contributed by atoms with Gasteiger partial charge in [-0.25, -0.2) is 0 Å². The quantitative estimate of drug-likeness (QED) is 0.634. The number of fused-ring (bicyclic) bond motifs is 1. The maximum absolute atomic E-state index is 11.9. The SMILES string of the molecule is Cc1ccccc1OCCCC(=O)NCCn1ccc2ccccc21. The molecule has 4 nitrogen and oxygen atoms in total. The van der Waals surface area contributed by atoms with Crippen LogP contribution in [0.15, 0.2) is 60.8 Å².